The van der Waals surface area contributed by atoms with E-state index in [2.05, 4.69) is 0 Å². The Balaban J connectivity index is 2.46. The monoisotopic (exact) mass is 303 g/mol. The lowest BCUT2D eigenvalue weighted by Crippen LogP contribution is -2.10. The van der Waals surface area contributed by atoms with Gasteiger partial charge in [-0.25, -0.2) is 0 Å². The molecule has 2 rings (SSSR count). The van der Waals surface area contributed by atoms with Crippen LogP contribution in [0, 0.1) is 0 Å². The average molecular weight is 303 g/mol. The number of benzene rings is 1. The molecule has 1 aromatic carbocycles. The van der Waals surface area contributed by atoms with Crippen LogP contribution in [0.25, 0.3) is 0 Å². The fraction of sp³-hybridized carbons (Fsp3) is 0.353. The number of ketones is 1. The first kappa shape index (κ1) is 15.7. The summed E-state index contributed by atoms with van der Waals surface area (Å²) < 4.78 is 5.66. The summed E-state index contributed by atoms with van der Waals surface area (Å²) in [6.45, 7) is 1.89. The Bertz CT molecular complexity index is 605. The highest BCUT2D eigenvalue weighted by molar-refractivity contribution is 7.16. The van der Waals surface area contributed by atoms with Crippen molar-refractivity contribution in [1.82, 2.24) is 0 Å². The van der Waals surface area contributed by atoms with Crippen molar-refractivity contribution >= 4 is 22.1 Å². The molecule has 0 aliphatic rings. The van der Waals surface area contributed by atoms with Crippen LogP contribution in [0.2, 0.25) is 0 Å². The van der Waals surface area contributed by atoms with Crippen LogP contribution in [-0.4, -0.2) is 27.0 Å². The third-order valence-electron chi connectivity index (χ3n) is 3.36. The Morgan fingerprint density at radius 3 is 2.48 bits per heavy atom. The Kier molecular flexibility index (Phi) is 5.15. The molecular weight excluding hydrogens is 282 g/mol. The molecule has 0 spiro atoms. The van der Waals surface area contributed by atoms with Crippen molar-refractivity contribution in [2.75, 3.05) is 26.1 Å². The topological polar surface area (TPSA) is 29.5 Å². The summed E-state index contributed by atoms with van der Waals surface area (Å²) in [5.41, 5.74) is 1.89. The molecule has 0 radical (unpaired) electrons. The molecule has 0 N–H and O–H groups in total. The molecule has 3 nitrogen and oxygen atoms in total. The second-order valence-corrected chi connectivity index (χ2v) is 6.13. The van der Waals surface area contributed by atoms with Gasteiger partial charge in [-0.05, 0) is 11.6 Å². The van der Waals surface area contributed by atoms with Crippen molar-refractivity contribution in [3.63, 3.8) is 0 Å². The number of methoxy groups -OCH3 is 1. The predicted molar refractivity (Wildman–Crippen MR) is 88.6 cm³/mol. The van der Waals surface area contributed by atoms with Crippen LogP contribution in [0.1, 0.15) is 40.2 Å². The first-order chi connectivity index (χ1) is 10.1. The van der Waals surface area contributed by atoms with E-state index in [4.69, 9.17) is 4.74 Å². The number of hydrogen-bond donors (Lipinski definition) is 0. The third-order valence-corrected chi connectivity index (χ3v) is 4.70. The number of rotatable bonds is 6. The molecule has 1 unspecified atom stereocenters. The number of nitrogens with zero attached hydrogens (tertiary/aromatic N) is 1. The first-order valence-corrected chi connectivity index (χ1v) is 7.82. The van der Waals surface area contributed by atoms with Gasteiger partial charge in [0.25, 0.3) is 0 Å². The van der Waals surface area contributed by atoms with Crippen molar-refractivity contribution < 1.29 is 9.53 Å². The maximum absolute atomic E-state index is 12.1. The van der Waals surface area contributed by atoms with Crippen molar-refractivity contribution in [2.45, 2.75) is 19.4 Å². The Labute approximate surface area is 130 Å². The van der Waals surface area contributed by atoms with Crippen LogP contribution in [0.4, 0.5) is 5.00 Å². The summed E-state index contributed by atoms with van der Waals surface area (Å²) in [4.78, 5) is 15.2. The molecule has 0 aliphatic heterocycles. The molecule has 1 heterocycles. The van der Waals surface area contributed by atoms with Gasteiger partial charge in [-0.1, -0.05) is 37.3 Å². The number of hydrogen-bond acceptors (Lipinski definition) is 4. The number of Topliss-reactive ketones (excluding diaryl/α,β-unsaturated/α-hetero) is 1. The lowest BCUT2D eigenvalue weighted by molar-refractivity contribution is 0.0988. The van der Waals surface area contributed by atoms with E-state index in [1.807, 2.05) is 62.3 Å². The SMILES string of the molecule is CCC(=O)c1cc(C(OC)c2ccccc2)sc1N(C)C. The first-order valence-electron chi connectivity index (χ1n) is 7.00. The van der Waals surface area contributed by atoms with Gasteiger partial charge < -0.3 is 9.64 Å². The number of ether oxygens (including phenoxy) is 1. The zero-order valence-electron chi connectivity index (χ0n) is 12.9. The molecule has 0 bridgehead atoms. The molecular formula is C17H21NO2S. The van der Waals surface area contributed by atoms with Crippen molar-refractivity contribution in [2.24, 2.45) is 0 Å². The van der Waals surface area contributed by atoms with Crippen molar-refractivity contribution in [3.05, 3.63) is 52.4 Å². The van der Waals surface area contributed by atoms with Gasteiger partial charge in [0, 0.05) is 32.5 Å². The lowest BCUT2D eigenvalue weighted by Gasteiger charge is -2.14. The summed E-state index contributed by atoms with van der Waals surface area (Å²) in [6, 6.07) is 12.1. The Morgan fingerprint density at radius 1 is 1.29 bits per heavy atom. The minimum atomic E-state index is -0.131. The van der Waals surface area contributed by atoms with Gasteiger partial charge in [0.1, 0.15) is 11.1 Å². The number of carbonyl (C=O) groups is 1. The molecule has 0 aliphatic carbocycles. The van der Waals surface area contributed by atoms with Crippen LogP contribution in [0.3, 0.4) is 0 Å². The molecule has 1 atom stereocenters. The zero-order chi connectivity index (χ0) is 15.4. The van der Waals surface area contributed by atoms with E-state index >= 15 is 0 Å². The summed E-state index contributed by atoms with van der Waals surface area (Å²) in [5, 5.41) is 0.995. The van der Waals surface area contributed by atoms with E-state index in [9.17, 15) is 4.79 Å². The van der Waals surface area contributed by atoms with E-state index < -0.39 is 0 Å². The summed E-state index contributed by atoms with van der Waals surface area (Å²) in [5.74, 6) is 0.170. The molecule has 0 saturated carbocycles. The lowest BCUT2D eigenvalue weighted by atomic mass is 10.1. The van der Waals surface area contributed by atoms with Crippen LogP contribution in [-0.2, 0) is 4.74 Å². The fourth-order valence-electron chi connectivity index (χ4n) is 2.30. The predicted octanol–water partition coefficient (Wildman–Crippen LogP) is 4.14. The Hall–Kier alpha value is -1.65. The molecule has 0 fully saturated rings. The van der Waals surface area contributed by atoms with Gasteiger partial charge in [-0.15, -0.1) is 11.3 Å². The third kappa shape index (κ3) is 3.34. The second kappa shape index (κ2) is 6.87. The molecule has 4 heteroatoms. The number of thiophene rings is 1. The van der Waals surface area contributed by atoms with Crippen LogP contribution in [0.5, 0.6) is 0 Å². The van der Waals surface area contributed by atoms with Gasteiger partial charge in [-0.2, -0.15) is 0 Å². The van der Waals surface area contributed by atoms with E-state index in [0.717, 1.165) is 21.0 Å². The molecule has 2 aromatic rings. The second-order valence-electron chi connectivity index (χ2n) is 5.07. The molecule has 21 heavy (non-hydrogen) atoms. The van der Waals surface area contributed by atoms with Crippen LogP contribution < -0.4 is 4.90 Å². The van der Waals surface area contributed by atoms with Crippen LogP contribution >= 0.6 is 11.3 Å². The van der Waals surface area contributed by atoms with E-state index in [1.54, 1.807) is 18.4 Å². The highest BCUT2D eigenvalue weighted by atomic mass is 32.1. The summed E-state index contributed by atoms with van der Waals surface area (Å²) in [7, 11) is 5.63. The van der Waals surface area contributed by atoms with E-state index in [-0.39, 0.29) is 11.9 Å². The number of carbonyl (C=O) groups excluding carboxylic acids is 1. The fourth-order valence-corrected chi connectivity index (χ4v) is 3.50. The van der Waals surface area contributed by atoms with Gasteiger partial charge in [-0.3, -0.25) is 4.79 Å². The van der Waals surface area contributed by atoms with Gasteiger partial charge >= 0.3 is 0 Å². The highest BCUT2D eigenvalue weighted by Gasteiger charge is 2.22. The standard InChI is InChI=1S/C17H21NO2S/c1-5-14(19)13-11-15(21-17(13)18(2)3)16(20-4)12-9-7-6-8-10-12/h6-11,16H,5H2,1-4H3. The van der Waals surface area contributed by atoms with Gasteiger partial charge in [0.15, 0.2) is 5.78 Å². The molecule has 112 valence electrons. The summed E-state index contributed by atoms with van der Waals surface area (Å²) >= 11 is 1.62. The molecule has 0 saturated heterocycles. The van der Waals surface area contributed by atoms with E-state index in [1.165, 1.54) is 0 Å². The Morgan fingerprint density at radius 2 is 1.95 bits per heavy atom. The zero-order valence-corrected chi connectivity index (χ0v) is 13.7. The minimum absolute atomic E-state index is 0.131. The maximum atomic E-state index is 12.1. The highest BCUT2D eigenvalue weighted by Crippen LogP contribution is 2.38. The largest absolute Gasteiger partial charge is 0.371 e. The minimum Gasteiger partial charge on any atom is -0.371 e. The molecule has 0 amide bonds. The maximum Gasteiger partial charge on any atom is 0.165 e. The number of anilines is 1. The smallest absolute Gasteiger partial charge is 0.165 e. The summed E-state index contributed by atoms with van der Waals surface area (Å²) in [6.07, 6.45) is 0.383. The van der Waals surface area contributed by atoms with E-state index in [0.29, 0.717) is 6.42 Å². The molecule has 1 aromatic heterocycles. The van der Waals surface area contributed by atoms with Crippen LogP contribution in [0.15, 0.2) is 36.4 Å². The van der Waals surface area contributed by atoms with Crippen molar-refractivity contribution in [3.8, 4) is 0 Å². The quantitative estimate of drug-likeness (QED) is 0.751. The van der Waals surface area contributed by atoms with Gasteiger partial charge in [0.05, 0.1) is 5.56 Å². The normalized spacial score (nSPS) is 12.2. The van der Waals surface area contributed by atoms with Gasteiger partial charge in [0.2, 0.25) is 0 Å². The average Bonchev–Trinajstić information content (AvgIpc) is 2.93. The van der Waals surface area contributed by atoms with Crippen molar-refractivity contribution in [1.29, 1.82) is 0 Å².